The third-order valence-corrected chi connectivity index (χ3v) is 4.77. The van der Waals surface area contributed by atoms with Gasteiger partial charge in [0.25, 0.3) is 0 Å². The Morgan fingerprint density at radius 2 is 1.60 bits per heavy atom. The van der Waals surface area contributed by atoms with E-state index in [1.54, 1.807) is 11.9 Å². The molecule has 0 radical (unpaired) electrons. The van der Waals surface area contributed by atoms with Crippen molar-refractivity contribution in [3.63, 3.8) is 0 Å². The number of nitrogens with two attached hydrogens (primary N) is 1. The summed E-state index contributed by atoms with van der Waals surface area (Å²) in [5.41, 5.74) is 8.46. The fraction of sp³-hybridized carbons (Fsp3) is 0.227. The van der Waals surface area contributed by atoms with Crippen molar-refractivity contribution in [1.29, 1.82) is 0 Å². The molecule has 0 fully saturated rings. The van der Waals surface area contributed by atoms with Gasteiger partial charge < -0.3 is 10.6 Å². The predicted octanol–water partition coefficient (Wildman–Crippen LogP) is 3.93. The molecule has 0 aromatic heterocycles. The minimum atomic E-state index is -0.347. The monoisotopic (exact) mass is 332 g/mol. The van der Waals surface area contributed by atoms with Crippen LogP contribution in [-0.4, -0.2) is 24.0 Å². The zero-order valence-electron chi connectivity index (χ0n) is 14.7. The van der Waals surface area contributed by atoms with Gasteiger partial charge in [0.1, 0.15) is 0 Å². The molecule has 0 saturated carbocycles. The molecule has 0 aliphatic rings. The predicted molar refractivity (Wildman–Crippen MR) is 103 cm³/mol. The smallest absolute Gasteiger partial charge is 0.230 e. The van der Waals surface area contributed by atoms with Gasteiger partial charge in [0.2, 0.25) is 5.91 Å². The molecule has 3 heteroatoms. The molecule has 3 rings (SSSR count). The van der Waals surface area contributed by atoms with Gasteiger partial charge in [0.15, 0.2) is 0 Å². The zero-order valence-corrected chi connectivity index (χ0v) is 14.7. The highest BCUT2D eigenvalue weighted by Gasteiger charge is 2.23. The van der Waals surface area contributed by atoms with Crippen molar-refractivity contribution in [1.82, 2.24) is 4.90 Å². The number of benzene rings is 3. The summed E-state index contributed by atoms with van der Waals surface area (Å²) >= 11 is 0. The van der Waals surface area contributed by atoms with E-state index >= 15 is 0 Å². The van der Waals surface area contributed by atoms with Crippen LogP contribution in [0, 0.1) is 0 Å². The van der Waals surface area contributed by atoms with Crippen molar-refractivity contribution in [2.45, 2.75) is 25.4 Å². The Labute approximate surface area is 149 Å². The average molecular weight is 332 g/mol. The van der Waals surface area contributed by atoms with E-state index in [2.05, 4.69) is 30.3 Å². The van der Waals surface area contributed by atoms with Crippen LogP contribution >= 0.6 is 0 Å². The van der Waals surface area contributed by atoms with Crippen molar-refractivity contribution >= 4 is 16.7 Å². The fourth-order valence-electron chi connectivity index (χ4n) is 3.10. The van der Waals surface area contributed by atoms with Crippen molar-refractivity contribution < 1.29 is 4.79 Å². The normalized spacial score (nSPS) is 13.4. The molecule has 0 saturated heterocycles. The number of likely N-dealkylation sites (N-methyl/N-ethyl adjacent to an activating group) is 1. The Bertz CT molecular complexity index is 860. The van der Waals surface area contributed by atoms with Crippen LogP contribution in [0.3, 0.4) is 0 Å². The third kappa shape index (κ3) is 3.89. The number of amides is 1. The molecular formula is C22H24N2O. The second-order valence-electron chi connectivity index (χ2n) is 6.53. The van der Waals surface area contributed by atoms with Crippen LogP contribution in [0.4, 0.5) is 0 Å². The molecule has 128 valence electrons. The molecule has 0 bridgehead atoms. The molecule has 2 atom stereocenters. The fourth-order valence-corrected chi connectivity index (χ4v) is 3.10. The van der Waals surface area contributed by atoms with Crippen LogP contribution in [0.2, 0.25) is 0 Å². The van der Waals surface area contributed by atoms with E-state index in [-0.39, 0.29) is 18.0 Å². The maximum absolute atomic E-state index is 12.7. The van der Waals surface area contributed by atoms with Crippen LogP contribution < -0.4 is 5.73 Å². The van der Waals surface area contributed by atoms with Crippen LogP contribution in [0.15, 0.2) is 72.8 Å². The first-order valence-corrected chi connectivity index (χ1v) is 8.61. The van der Waals surface area contributed by atoms with E-state index in [0.29, 0.717) is 6.42 Å². The molecule has 2 N–H and O–H groups in total. The Kier molecular flexibility index (Phi) is 5.15. The maximum Gasteiger partial charge on any atom is 0.230 e. The molecule has 3 aromatic rings. The van der Waals surface area contributed by atoms with Gasteiger partial charge in [-0.15, -0.1) is 0 Å². The number of rotatable bonds is 5. The lowest BCUT2D eigenvalue weighted by atomic mass is 9.99. The standard InChI is InChI=1S/C22H24N2O/c1-16(18-8-4-3-5-9-18)22(25)24(2)21(23)15-17-12-13-19-10-6-7-11-20(19)14-17/h3-14,16,21H,15,23H2,1-2H3/t16-,21?/m0/s1. The summed E-state index contributed by atoms with van der Waals surface area (Å²) in [4.78, 5) is 14.4. The van der Waals surface area contributed by atoms with Crippen molar-refractivity contribution in [2.75, 3.05) is 7.05 Å². The summed E-state index contributed by atoms with van der Waals surface area (Å²) < 4.78 is 0. The average Bonchev–Trinajstić information content (AvgIpc) is 2.66. The highest BCUT2D eigenvalue weighted by Crippen LogP contribution is 2.20. The Balaban J connectivity index is 1.70. The lowest BCUT2D eigenvalue weighted by Crippen LogP contribution is -2.46. The molecule has 3 aromatic carbocycles. The topological polar surface area (TPSA) is 46.3 Å². The largest absolute Gasteiger partial charge is 0.330 e. The Morgan fingerprint density at radius 3 is 2.32 bits per heavy atom. The molecule has 1 unspecified atom stereocenters. The molecule has 3 nitrogen and oxygen atoms in total. The highest BCUT2D eigenvalue weighted by molar-refractivity contribution is 5.84. The van der Waals surface area contributed by atoms with Gasteiger partial charge in [-0.2, -0.15) is 0 Å². The van der Waals surface area contributed by atoms with E-state index in [4.69, 9.17) is 5.73 Å². The first kappa shape index (κ1) is 17.2. The van der Waals surface area contributed by atoms with Gasteiger partial charge in [-0.3, -0.25) is 4.79 Å². The number of carbonyl (C=O) groups is 1. The molecule has 0 aliphatic carbocycles. The molecule has 0 aliphatic heterocycles. The number of hydrogen-bond donors (Lipinski definition) is 1. The first-order chi connectivity index (χ1) is 12.1. The summed E-state index contributed by atoms with van der Waals surface area (Å²) in [6.45, 7) is 1.93. The summed E-state index contributed by atoms with van der Waals surface area (Å²) in [7, 11) is 1.79. The van der Waals surface area contributed by atoms with E-state index < -0.39 is 0 Å². The van der Waals surface area contributed by atoms with Crippen LogP contribution in [-0.2, 0) is 11.2 Å². The summed E-state index contributed by atoms with van der Waals surface area (Å²) in [6, 6.07) is 24.4. The van der Waals surface area contributed by atoms with Gasteiger partial charge in [-0.25, -0.2) is 0 Å². The lowest BCUT2D eigenvalue weighted by molar-refractivity contribution is -0.133. The molecule has 1 amide bonds. The van der Waals surface area contributed by atoms with Gasteiger partial charge in [0, 0.05) is 13.5 Å². The van der Waals surface area contributed by atoms with Gasteiger partial charge >= 0.3 is 0 Å². The van der Waals surface area contributed by atoms with Crippen LogP contribution in [0.5, 0.6) is 0 Å². The van der Waals surface area contributed by atoms with E-state index in [1.807, 2.05) is 49.4 Å². The van der Waals surface area contributed by atoms with Gasteiger partial charge in [-0.1, -0.05) is 72.8 Å². The summed E-state index contributed by atoms with van der Waals surface area (Å²) in [6.07, 6.45) is 0.286. The molecule has 25 heavy (non-hydrogen) atoms. The summed E-state index contributed by atoms with van der Waals surface area (Å²) in [5.74, 6) is -0.159. The quantitative estimate of drug-likeness (QED) is 0.720. The SMILES string of the molecule is C[C@H](C(=O)N(C)C(N)Cc1ccc2ccccc2c1)c1ccccc1. The van der Waals surface area contributed by atoms with Crippen molar-refractivity contribution in [3.05, 3.63) is 83.9 Å². The minimum absolute atomic E-state index is 0.0412. The lowest BCUT2D eigenvalue weighted by Gasteiger charge is -2.28. The third-order valence-electron chi connectivity index (χ3n) is 4.77. The van der Waals surface area contributed by atoms with Crippen molar-refractivity contribution in [2.24, 2.45) is 5.73 Å². The number of nitrogens with zero attached hydrogens (tertiary/aromatic N) is 1. The van der Waals surface area contributed by atoms with Crippen LogP contribution in [0.1, 0.15) is 24.0 Å². The van der Waals surface area contributed by atoms with E-state index in [0.717, 1.165) is 11.1 Å². The zero-order chi connectivity index (χ0) is 17.8. The second kappa shape index (κ2) is 7.49. The minimum Gasteiger partial charge on any atom is -0.330 e. The number of carbonyl (C=O) groups excluding carboxylic acids is 1. The Hall–Kier alpha value is -2.65. The highest BCUT2D eigenvalue weighted by atomic mass is 16.2. The Morgan fingerprint density at radius 1 is 0.960 bits per heavy atom. The summed E-state index contributed by atoms with van der Waals surface area (Å²) in [5, 5.41) is 2.40. The molecular weight excluding hydrogens is 308 g/mol. The number of hydrogen-bond acceptors (Lipinski definition) is 2. The second-order valence-corrected chi connectivity index (χ2v) is 6.53. The first-order valence-electron chi connectivity index (χ1n) is 8.61. The van der Waals surface area contributed by atoms with Crippen LogP contribution in [0.25, 0.3) is 10.8 Å². The molecule has 0 heterocycles. The van der Waals surface area contributed by atoms with Gasteiger partial charge in [0.05, 0.1) is 12.1 Å². The van der Waals surface area contributed by atoms with Crippen molar-refractivity contribution in [3.8, 4) is 0 Å². The molecule has 0 spiro atoms. The van der Waals surface area contributed by atoms with E-state index in [9.17, 15) is 4.79 Å². The van der Waals surface area contributed by atoms with Gasteiger partial charge in [-0.05, 0) is 28.8 Å². The maximum atomic E-state index is 12.7. The number of fused-ring (bicyclic) bond motifs is 1. The van der Waals surface area contributed by atoms with E-state index in [1.165, 1.54) is 10.8 Å².